The summed E-state index contributed by atoms with van der Waals surface area (Å²) >= 11 is 0. The van der Waals surface area contributed by atoms with Gasteiger partial charge in [0.1, 0.15) is 0 Å². The van der Waals surface area contributed by atoms with Gasteiger partial charge in [-0.2, -0.15) is 0 Å². The highest BCUT2D eigenvalue weighted by atomic mass is 15.1. The average Bonchev–Trinajstić information content (AvgIpc) is 2.45. The van der Waals surface area contributed by atoms with Gasteiger partial charge < -0.3 is 10.2 Å². The zero-order valence-electron chi connectivity index (χ0n) is 9.34. The molecule has 0 spiro atoms. The summed E-state index contributed by atoms with van der Waals surface area (Å²) in [7, 11) is 2.23. The Labute approximate surface area is 82.7 Å². The van der Waals surface area contributed by atoms with Crippen LogP contribution in [0.25, 0.3) is 0 Å². The second-order valence-corrected chi connectivity index (χ2v) is 4.44. The summed E-state index contributed by atoms with van der Waals surface area (Å²) in [5.41, 5.74) is 0. The molecule has 0 amide bonds. The summed E-state index contributed by atoms with van der Waals surface area (Å²) in [6.45, 7) is 9.41. The van der Waals surface area contributed by atoms with Crippen molar-refractivity contribution in [3.8, 4) is 0 Å². The van der Waals surface area contributed by atoms with Crippen molar-refractivity contribution in [3.05, 3.63) is 0 Å². The number of hydrogen-bond acceptors (Lipinski definition) is 2. The minimum atomic E-state index is 0.957. The summed E-state index contributed by atoms with van der Waals surface area (Å²) < 4.78 is 0. The van der Waals surface area contributed by atoms with Crippen LogP contribution >= 0.6 is 0 Å². The van der Waals surface area contributed by atoms with E-state index in [2.05, 4.69) is 31.1 Å². The number of nitrogens with zero attached hydrogens (tertiary/aromatic N) is 1. The smallest absolute Gasteiger partial charge is 0.00220 e. The summed E-state index contributed by atoms with van der Waals surface area (Å²) in [6.07, 6.45) is 2.65. The van der Waals surface area contributed by atoms with E-state index in [1.165, 1.54) is 39.0 Å². The Morgan fingerprint density at radius 3 is 2.46 bits per heavy atom. The lowest BCUT2D eigenvalue weighted by Crippen LogP contribution is -2.35. The van der Waals surface area contributed by atoms with Crippen molar-refractivity contribution < 1.29 is 0 Å². The van der Waals surface area contributed by atoms with Crippen molar-refractivity contribution in [2.75, 3.05) is 33.2 Å². The second kappa shape index (κ2) is 5.61. The van der Waals surface area contributed by atoms with Crippen molar-refractivity contribution >= 4 is 0 Å². The lowest BCUT2D eigenvalue weighted by atomic mass is 9.90. The molecule has 2 heterocycles. The van der Waals surface area contributed by atoms with Crippen LogP contribution in [0.4, 0.5) is 0 Å². The molecule has 78 valence electrons. The van der Waals surface area contributed by atoms with E-state index >= 15 is 0 Å². The first-order valence-electron chi connectivity index (χ1n) is 5.67. The summed E-state index contributed by atoms with van der Waals surface area (Å²) in [4.78, 5) is 2.46. The molecular weight excluding hydrogens is 160 g/mol. The Kier molecular flexibility index (Phi) is 4.74. The Balaban J connectivity index is 0.000000251. The van der Waals surface area contributed by atoms with Crippen molar-refractivity contribution in [1.82, 2.24) is 10.2 Å². The lowest BCUT2D eigenvalue weighted by Gasteiger charge is -2.24. The van der Waals surface area contributed by atoms with Crippen LogP contribution in [0.3, 0.4) is 0 Å². The number of fused-ring (bicyclic) bond motifs is 1. The topological polar surface area (TPSA) is 15.3 Å². The maximum absolute atomic E-state index is 3.45. The number of likely N-dealkylation sites (tertiary alicyclic amines) is 1. The summed E-state index contributed by atoms with van der Waals surface area (Å²) in [6, 6.07) is 0. The fourth-order valence-corrected chi connectivity index (χ4v) is 2.31. The van der Waals surface area contributed by atoms with Gasteiger partial charge in [0.15, 0.2) is 0 Å². The first-order chi connectivity index (χ1) is 6.27. The van der Waals surface area contributed by atoms with E-state index in [1.54, 1.807) is 0 Å². The van der Waals surface area contributed by atoms with Gasteiger partial charge in [-0.1, -0.05) is 20.3 Å². The van der Waals surface area contributed by atoms with E-state index in [-0.39, 0.29) is 0 Å². The molecule has 0 aromatic heterocycles. The van der Waals surface area contributed by atoms with Crippen molar-refractivity contribution in [2.45, 2.75) is 26.7 Å². The first kappa shape index (κ1) is 11.0. The van der Waals surface area contributed by atoms with Crippen molar-refractivity contribution in [1.29, 1.82) is 0 Å². The number of piperidine rings is 1. The van der Waals surface area contributed by atoms with Crippen LogP contribution in [-0.2, 0) is 0 Å². The van der Waals surface area contributed by atoms with Gasteiger partial charge in [-0.3, -0.25) is 0 Å². The van der Waals surface area contributed by atoms with E-state index < -0.39 is 0 Å². The molecule has 0 saturated carbocycles. The molecule has 2 nitrogen and oxygen atoms in total. The normalized spacial score (nSPS) is 33.5. The highest BCUT2D eigenvalue weighted by Crippen LogP contribution is 2.26. The van der Waals surface area contributed by atoms with Crippen LogP contribution in [0.1, 0.15) is 26.7 Å². The second-order valence-electron chi connectivity index (χ2n) is 4.44. The van der Waals surface area contributed by atoms with Crippen LogP contribution in [-0.4, -0.2) is 38.1 Å². The SMILES string of the molecule is CCC.CN1CC2CCNCC2C1. The highest BCUT2D eigenvalue weighted by Gasteiger charge is 2.32. The minimum absolute atomic E-state index is 0.957. The number of rotatable bonds is 0. The third-order valence-corrected chi connectivity index (χ3v) is 2.86. The zero-order valence-corrected chi connectivity index (χ0v) is 9.34. The Morgan fingerprint density at radius 1 is 1.23 bits per heavy atom. The van der Waals surface area contributed by atoms with Crippen LogP contribution < -0.4 is 5.32 Å². The Hall–Kier alpha value is -0.0800. The van der Waals surface area contributed by atoms with E-state index in [9.17, 15) is 0 Å². The highest BCUT2D eigenvalue weighted by molar-refractivity contribution is 4.86. The maximum Gasteiger partial charge on any atom is 0.00220 e. The quantitative estimate of drug-likeness (QED) is 0.615. The van der Waals surface area contributed by atoms with E-state index in [4.69, 9.17) is 0 Å². The van der Waals surface area contributed by atoms with Gasteiger partial charge in [0.2, 0.25) is 0 Å². The molecule has 0 aliphatic carbocycles. The summed E-state index contributed by atoms with van der Waals surface area (Å²) in [5.74, 6) is 1.96. The third-order valence-electron chi connectivity index (χ3n) is 2.86. The van der Waals surface area contributed by atoms with Gasteiger partial charge in [0, 0.05) is 13.1 Å². The van der Waals surface area contributed by atoms with E-state index in [0.29, 0.717) is 0 Å². The van der Waals surface area contributed by atoms with Gasteiger partial charge in [-0.25, -0.2) is 0 Å². The number of nitrogens with one attached hydrogen (secondary N) is 1. The number of hydrogen-bond donors (Lipinski definition) is 1. The van der Waals surface area contributed by atoms with E-state index in [0.717, 1.165) is 11.8 Å². The predicted molar refractivity (Wildman–Crippen MR) is 57.9 cm³/mol. The minimum Gasteiger partial charge on any atom is -0.316 e. The molecule has 13 heavy (non-hydrogen) atoms. The van der Waals surface area contributed by atoms with Crippen LogP contribution in [0, 0.1) is 11.8 Å². The third kappa shape index (κ3) is 3.28. The van der Waals surface area contributed by atoms with Crippen molar-refractivity contribution in [2.24, 2.45) is 11.8 Å². The van der Waals surface area contributed by atoms with Crippen molar-refractivity contribution in [3.63, 3.8) is 0 Å². The molecule has 0 bridgehead atoms. The zero-order chi connectivity index (χ0) is 9.68. The van der Waals surface area contributed by atoms with Crippen LogP contribution in [0.5, 0.6) is 0 Å². The molecule has 2 heteroatoms. The van der Waals surface area contributed by atoms with E-state index in [1.807, 2.05) is 0 Å². The molecule has 2 unspecified atom stereocenters. The standard InChI is InChI=1S/C8H16N2.C3H8/c1-10-5-7-2-3-9-4-8(7)6-10;1-3-2/h7-9H,2-6H2,1H3;3H2,1-2H3. The average molecular weight is 184 g/mol. The monoisotopic (exact) mass is 184 g/mol. The molecule has 2 fully saturated rings. The first-order valence-corrected chi connectivity index (χ1v) is 5.67. The largest absolute Gasteiger partial charge is 0.316 e. The molecule has 2 atom stereocenters. The van der Waals surface area contributed by atoms with Crippen LogP contribution in [0.2, 0.25) is 0 Å². The molecule has 1 N–H and O–H groups in total. The molecule has 2 rings (SSSR count). The predicted octanol–water partition coefficient (Wildman–Crippen LogP) is 1.57. The molecule has 2 saturated heterocycles. The summed E-state index contributed by atoms with van der Waals surface area (Å²) in [5, 5.41) is 3.45. The van der Waals surface area contributed by atoms with Gasteiger partial charge >= 0.3 is 0 Å². The Bertz CT molecular complexity index is 122. The van der Waals surface area contributed by atoms with Gasteiger partial charge in [-0.05, 0) is 38.4 Å². The van der Waals surface area contributed by atoms with Gasteiger partial charge in [-0.15, -0.1) is 0 Å². The Morgan fingerprint density at radius 2 is 1.85 bits per heavy atom. The fourth-order valence-electron chi connectivity index (χ4n) is 2.31. The molecular formula is C11H24N2. The molecule has 2 aliphatic rings. The molecule has 0 aromatic rings. The van der Waals surface area contributed by atoms with Crippen LogP contribution in [0.15, 0.2) is 0 Å². The lowest BCUT2D eigenvalue weighted by molar-refractivity contribution is 0.318. The fraction of sp³-hybridized carbons (Fsp3) is 1.00. The van der Waals surface area contributed by atoms with Gasteiger partial charge in [0.05, 0.1) is 0 Å². The molecule has 0 radical (unpaired) electrons. The molecule has 0 aromatic carbocycles. The molecule has 2 aliphatic heterocycles. The maximum atomic E-state index is 3.45. The van der Waals surface area contributed by atoms with Gasteiger partial charge in [0.25, 0.3) is 0 Å².